The summed E-state index contributed by atoms with van der Waals surface area (Å²) in [5.74, 6) is -0.801. The van der Waals surface area contributed by atoms with Crippen molar-refractivity contribution in [1.29, 1.82) is 0 Å². The van der Waals surface area contributed by atoms with E-state index in [0.29, 0.717) is 16.9 Å². The van der Waals surface area contributed by atoms with Gasteiger partial charge in [0.25, 0.3) is 0 Å². The molecule has 0 aliphatic rings. The van der Waals surface area contributed by atoms with E-state index in [0.717, 1.165) is 0 Å². The number of aromatic hydroxyl groups is 3. The van der Waals surface area contributed by atoms with Gasteiger partial charge >= 0.3 is 0 Å². The first-order valence-electron chi connectivity index (χ1n) is 6.89. The zero-order valence-corrected chi connectivity index (χ0v) is 12.9. The Kier molecular flexibility index (Phi) is 3.69. The zero-order chi connectivity index (χ0) is 17.4. The topological polar surface area (TPSA) is 109 Å². The zero-order valence-electron chi connectivity index (χ0n) is 12.9. The van der Waals surface area contributed by atoms with Gasteiger partial charge in [0.15, 0.2) is 34.2 Å². The smallest absolute Gasteiger partial charge is 0.200 e. The van der Waals surface area contributed by atoms with Gasteiger partial charge in [0.1, 0.15) is 11.3 Å². The molecule has 0 unspecified atom stereocenters. The number of phenols is 3. The van der Waals surface area contributed by atoms with Crippen LogP contribution in [0.5, 0.6) is 28.7 Å². The lowest BCUT2D eigenvalue weighted by molar-refractivity contribution is 0.355. The summed E-state index contributed by atoms with van der Waals surface area (Å²) in [5.41, 5.74) is 0.151. The third kappa shape index (κ3) is 2.45. The van der Waals surface area contributed by atoms with Crippen molar-refractivity contribution < 1.29 is 29.2 Å². The normalized spacial score (nSPS) is 10.8. The first-order chi connectivity index (χ1) is 11.4. The molecule has 0 saturated carbocycles. The van der Waals surface area contributed by atoms with Crippen molar-refractivity contribution in [3.63, 3.8) is 0 Å². The number of methoxy groups -OCH3 is 2. The van der Waals surface area contributed by atoms with Crippen LogP contribution in [0.25, 0.3) is 22.3 Å². The van der Waals surface area contributed by atoms with Crippen molar-refractivity contribution in [1.82, 2.24) is 0 Å². The summed E-state index contributed by atoms with van der Waals surface area (Å²) in [5, 5.41) is 28.9. The van der Waals surface area contributed by atoms with Crippen LogP contribution in [0.15, 0.2) is 39.5 Å². The molecule has 3 rings (SSSR count). The molecule has 0 spiro atoms. The highest BCUT2D eigenvalue weighted by molar-refractivity contribution is 5.83. The second kappa shape index (κ2) is 5.69. The molecule has 1 heterocycles. The minimum absolute atomic E-state index is 0.116. The quantitative estimate of drug-likeness (QED) is 0.633. The van der Waals surface area contributed by atoms with Gasteiger partial charge in [-0.15, -0.1) is 0 Å². The predicted molar refractivity (Wildman–Crippen MR) is 86.0 cm³/mol. The highest BCUT2D eigenvalue weighted by Crippen LogP contribution is 2.39. The first kappa shape index (κ1) is 15.5. The van der Waals surface area contributed by atoms with Crippen LogP contribution >= 0.6 is 0 Å². The summed E-state index contributed by atoms with van der Waals surface area (Å²) < 4.78 is 16.0. The number of ether oxygens (including phenoxy) is 2. The molecule has 0 saturated heterocycles. The lowest BCUT2D eigenvalue weighted by Gasteiger charge is -2.10. The van der Waals surface area contributed by atoms with E-state index < -0.39 is 17.2 Å². The molecule has 7 heteroatoms. The van der Waals surface area contributed by atoms with Gasteiger partial charge in [0.2, 0.25) is 0 Å². The van der Waals surface area contributed by atoms with Crippen LogP contribution in [0.4, 0.5) is 0 Å². The Morgan fingerprint density at radius 3 is 2.04 bits per heavy atom. The fourth-order valence-corrected chi connectivity index (χ4v) is 2.37. The van der Waals surface area contributed by atoms with Crippen LogP contribution in [0.2, 0.25) is 0 Å². The molecule has 2 aromatic carbocycles. The Hall–Kier alpha value is -3.35. The Labute approximate surface area is 135 Å². The van der Waals surface area contributed by atoms with Crippen molar-refractivity contribution in [2.75, 3.05) is 14.2 Å². The van der Waals surface area contributed by atoms with Gasteiger partial charge in [-0.05, 0) is 18.2 Å². The Morgan fingerprint density at radius 2 is 1.46 bits per heavy atom. The van der Waals surface area contributed by atoms with Gasteiger partial charge in [0, 0.05) is 17.7 Å². The third-order valence-corrected chi connectivity index (χ3v) is 3.59. The molecule has 3 N–H and O–H groups in total. The number of fused-ring (bicyclic) bond motifs is 1. The second-order valence-electron chi connectivity index (χ2n) is 5.04. The summed E-state index contributed by atoms with van der Waals surface area (Å²) in [7, 11) is 2.92. The van der Waals surface area contributed by atoms with Crippen LogP contribution in [-0.2, 0) is 0 Å². The number of hydrogen-bond acceptors (Lipinski definition) is 7. The standard InChI is InChI=1S/C17H14O7/c1-22-15-5-9-10(18)6-13(24-14(9)7-16(15)23-2)8-3-11(19)17(21)12(20)4-8/h3-7,19-21H,1-2H3. The lowest BCUT2D eigenvalue weighted by atomic mass is 10.1. The van der Waals surface area contributed by atoms with Crippen LogP contribution in [0, 0.1) is 0 Å². The largest absolute Gasteiger partial charge is 0.504 e. The highest BCUT2D eigenvalue weighted by atomic mass is 16.5. The number of hydrogen-bond donors (Lipinski definition) is 3. The van der Waals surface area contributed by atoms with E-state index in [-0.39, 0.29) is 22.3 Å². The summed E-state index contributed by atoms with van der Waals surface area (Å²) in [6, 6.07) is 6.61. The van der Waals surface area contributed by atoms with Gasteiger partial charge in [-0.1, -0.05) is 0 Å². The van der Waals surface area contributed by atoms with E-state index >= 15 is 0 Å². The van der Waals surface area contributed by atoms with Gasteiger partial charge in [-0.3, -0.25) is 4.79 Å². The monoisotopic (exact) mass is 330 g/mol. The maximum Gasteiger partial charge on any atom is 0.200 e. The molecular formula is C17H14O7. The maximum absolute atomic E-state index is 12.3. The van der Waals surface area contributed by atoms with E-state index in [1.165, 1.54) is 44.6 Å². The molecule has 124 valence electrons. The Morgan fingerprint density at radius 1 is 0.875 bits per heavy atom. The summed E-state index contributed by atoms with van der Waals surface area (Å²) in [6.07, 6.45) is 0. The fraction of sp³-hybridized carbons (Fsp3) is 0.118. The summed E-state index contributed by atoms with van der Waals surface area (Å²) >= 11 is 0. The van der Waals surface area contributed by atoms with E-state index in [1.807, 2.05) is 0 Å². The lowest BCUT2D eigenvalue weighted by Crippen LogP contribution is -2.02. The van der Waals surface area contributed by atoms with Crippen molar-refractivity contribution >= 4 is 11.0 Å². The molecule has 0 radical (unpaired) electrons. The molecular weight excluding hydrogens is 316 g/mol. The molecule has 3 aromatic rings. The summed E-state index contributed by atoms with van der Waals surface area (Å²) in [4.78, 5) is 12.3. The molecule has 0 aliphatic heterocycles. The molecule has 7 nitrogen and oxygen atoms in total. The van der Waals surface area contributed by atoms with Crippen LogP contribution < -0.4 is 14.9 Å². The van der Waals surface area contributed by atoms with Crippen LogP contribution in [0.3, 0.4) is 0 Å². The molecule has 0 fully saturated rings. The van der Waals surface area contributed by atoms with Gasteiger partial charge < -0.3 is 29.2 Å². The van der Waals surface area contributed by atoms with E-state index in [9.17, 15) is 20.1 Å². The average Bonchev–Trinajstić information content (AvgIpc) is 2.57. The fourth-order valence-electron chi connectivity index (χ4n) is 2.37. The minimum atomic E-state index is -0.645. The minimum Gasteiger partial charge on any atom is -0.504 e. The summed E-state index contributed by atoms with van der Waals surface area (Å²) in [6.45, 7) is 0. The average molecular weight is 330 g/mol. The van der Waals surface area contributed by atoms with E-state index in [2.05, 4.69) is 0 Å². The van der Waals surface area contributed by atoms with Crippen molar-refractivity contribution in [2.24, 2.45) is 0 Å². The molecule has 0 amide bonds. The van der Waals surface area contributed by atoms with E-state index in [1.54, 1.807) is 0 Å². The van der Waals surface area contributed by atoms with Gasteiger partial charge in [-0.2, -0.15) is 0 Å². The maximum atomic E-state index is 12.3. The second-order valence-corrected chi connectivity index (χ2v) is 5.04. The molecule has 0 aliphatic carbocycles. The Balaban J connectivity index is 2.26. The molecule has 1 aromatic heterocycles. The third-order valence-electron chi connectivity index (χ3n) is 3.59. The van der Waals surface area contributed by atoms with Crippen molar-refractivity contribution in [3.05, 3.63) is 40.6 Å². The predicted octanol–water partition coefficient (Wildman–Crippen LogP) is 2.59. The SMILES string of the molecule is COc1cc2oc(-c3cc(O)c(O)c(O)c3)cc(=O)c2cc1OC. The van der Waals surface area contributed by atoms with Gasteiger partial charge in [-0.25, -0.2) is 0 Å². The number of rotatable bonds is 3. The van der Waals surface area contributed by atoms with Crippen LogP contribution in [-0.4, -0.2) is 29.5 Å². The Bertz CT molecular complexity index is 965. The molecule has 0 bridgehead atoms. The van der Waals surface area contributed by atoms with E-state index in [4.69, 9.17) is 13.9 Å². The van der Waals surface area contributed by atoms with Crippen molar-refractivity contribution in [2.45, 2.75) is 0 Å². The highest BCUT2D eigenvalue weighted by Gasteiger charge is 2.15. The number of benzene rings is 2. The molecule has 0 atom stereocenters. The molecule has 24 heavy (non-hydrogen) atoms. The first-order valence-corrected chi connectivity index (χ1v) is 6.89. The van der Waals surface area contributed by atoms with Crippen LogP contribution in [0.1, 0.15) is 0 Å². The van der Waals surface area contributed by atoms with Gasteiger partial charge in [0.05, 0.1) is 19.6 Å². The number of phenolic OH excluding ortho intramolecular Hbond substituents is 3. The van der Waals surface area contributed by atoms with Crippen molar-refractivity contribution in [3.8, 4) is 40.1 Å².